The monoisotopic (exact) mass is 335 g/mol. The van der Waals surface area contributed by atoms with Gasteiger partial charge in [-0.25, -0.2) is 0 Å². The Balaban J connectivity index is 1.91. The number of aromatic amines is 1. The molecular formula is C16H16F3N5. The molecule has 1 aromatic carbocycles. The third kappa shape index (κ3) is 3.58. The standard InChI is InChI=1S/C16H16F3N5/c1-9-3-4-11(7-10(9)2)22-15-23-13-12(5-6-20-13)14(24-15)21-8-16(17,18)19/h3-7H,8H2,1-2H3,(H3,20,21,22,23,24). The number of H-pyrrole nitrogens is 1. The number of hydrogen-bond acceptors (Lipinski definition) is 4. The Morgan fingerprint density at radius 3 is 2.58 bits per heavy atom. The lowest BCUT2D eigenvalue weighted by atomic mass is 10.1. The second kappa shape index (κ2) is 6.03. The summed E-state index contributed by atoms with van der Waals surface area (Å²) in [5.41, 5.74) is 3.47. The van der Waals surface area contributed by atoms with Gasteiger partial charge in [-0.15, -0.1) is 0 Å². The molecule has 0 amide bonds. The van der Waals surface area contributed by atoms with Crippen molar-refractivity contribution in [3.8, 4) is 0 Å². The molecular weight excluding hydrogens is 319 g/mol. The number of alkyl halides is 3. The smallest absolute Gasteiger partial charge is 0.360 e. The van der Waals surface area contributed by atoms with Crippen molar-refractivity contribution in [1.29, 1.82) is 0 Å². The predicted molar refractivity (Wildman–Crippen MR) is 87.6 cm³/mol. The fourth-order valence-electron chi connectivity index (χ4n) is 2.26. The van der Waals surface area contributed by atoms with Crippen LogP contribution in [0, 0.1) is 13.8 Å². The van der Waals surface area contributed by atoms with E-state index in [0.717, 1.165) is 16.8 Å². The minimum atomic E-state index is -4.32. The minimum Gasteiger partial charge on any atom is -0.360 e. The number of nitrogens with zero attached hydrogens (tertiary/aromatic N) is 2. The van der Waals surface area contributed by atoms with E-state index in [2.05, 4.69) is 25.6 Å². The van der Waals surface area contributed by atoms with E-state index in [9.17, 15) is 13.2 Å². The highest BCUT2D eigenvalue weighted by atomic mass is 19.4. The third-order valence-corrected chi connectivity index (χ3v) is 3.64. The molecule has 3 rings (SSSR count). The Morgan fingerprint density at radius 2 is 1.88 bits per heavy atom. The van der Waals surface area contributed by atoms with Gasteiger partial charge in [-0.05, 0) is 43.2 Å². The first kappa shape index (κ1) is 16.1. The third-order valence-electron chi connectivity index (χ3n) is 3.64. The molecule has 0 aliphatic carbocycles. The van der Waals surface area contributed by atoms with Crippen molar-refractivity contribution >= 4 is 28.5 Å². The number of hydrogen-bond donors (Lipinski definition) is 3. The van der Waals surface area contributed by atoms with Crippen LogP contribution in [0.5, 0.6) is 0 Å². The first-order chi connectivity index (χ1) is 11.3. The molecule has 0 aliphatic rings. The van der Waals surface area contributed by atoms with Gasteiger partial charge in [-0.2, -0.15) is 23.1 Å². The van der Waals surface area contributed by atoms with Gasteiger partial charge in [-0.1, -0.05) is 6.07 Å². The largest absolute Gasteiger partial charge is 0.405 e. The number of aryl methyl sites for hydroxylation is 2. The lowest BCUT2D eigenvalue weighted by molar-refractivity contribution is -0.115. The Morgan fingerprint density at radius 1 is 1.08 bits per heavy atom. The van der Waals surface area contributed by atoms with E-state index in [1.807, 2.05) is 32.0 Å². The molecule has 0 unspecified atom stereocenters. The molecule has 24 heavy (non-hydrogen) atoms. The summed E-state index contributed by atoms with van der Waals surface area (Å²) in [5.74, 6) is 0.350. The zero-order chi connectivity index (χ0) is 17.3. The summed E-state index contributed by atoms with van der Waals surface area (Å²) in [6.45, 7) is 2.82. The van der Waals surface area contributed by atoms with Crippen LogP contribution in [0.1, 0.15) is 11.1 Å². The zero-order valence-electron chi connectivity index (χ0n) is 13.1. The molecule has 0 atom stereocenters. The Labute approximate surface area is 136 Å². The Bertz CT molecular complexity index is 870. The average Bonchev–Trinajstić information content (AvgIpc) is 2.96. The summed E-state index contributed by atoms with van der Waals surface area (Å²) >= 11 is 0. The maximum Gasteiger partial charge on any atom is 0.405 e. The van der Waals surface area contributed by atoms with Gasteiger partial charge in [0.1, 0.15) is 18.0 Å². The number of halogens is 3. The van der Waals surface area contributed by atoms with Gasteiger partial charge in [0, 0.05) is 11.9 Å². The number of anilines is 3. The maximum absolute atomic E-state index is 12.5. The van der Waals surface area contributed by atoms with Gasteiger partial charge < -0.3 is 15.6 Å². The molecule has 0 saturated heterocycles. The van der Waals surface area contributed by atoms with Gasteiger partial charge in [0.25, 0.3) is 0 Å². The molecule has 5 nitrogen and oxygen atoms in total. The Kier molecular flexibility index (Phi) is 4.04. The zero-order valence-corrected chi connectivity index (χ0v) is 13.1. The molecule has 3 N–H and O–H groups in total. The van der Waals surface area contributed by atoms with Crippen molar-refractivity contribution in [1.82, 2.24) is 15.0 Å². The van der Waals surface area contributed by atoms with E-state index >= 15 is 0 Å². The molecule has 0 bridgehead atoms. The van der Waals surface area contributed by atoms with E-state index in [0.29, 0.717) is 11.0 Å². The van der Waals surface area contributed by atoms with Gasteiger partial charge in [-0.3, -0.25) is 0 Å². The molecule has 8 heteroatoms. The van der Waals surface area contributed by atoms with E-state index in [1.54, 1.807) is 12.3 Å². The molecule has 0 saturated carbocycles. The van der Waals surface area contributed by atoms with Gasteiger partial charge in [0.2, 0.25) is 5.95 Å². The number of benzene rings is 1. The predicted octanol–water partition coefficient (Wildman–Crippen LogP) is 4.29. The molecule has 126 valence electrons. The molecule has 3 aromatic rings. The van der Waals surface area contributed by atoms with Gasteiger partial charge in [0.15, 0.2) is 0 Å². The van der Waals surface area contributed by atoms with Crippen molar-refractivity contribution in [3.63, 3.8) is 0 Å². The summed E-state index contributed by atoms with van der Waals surface area (Å²) in [6, 6.07) is 7.38. The van der Waals surface area contributed by atoms with Crippen molar-refractivity contribution in [2.24, 2.45) is 0 Å². The van der Waals surface area contributed by atoms with Crippen LogP contribution in [0.3, 0.4) is 0 Å². The van der Waals surface area contributed by atoms with Gasteiger partial charge in [0.05, 0.1) is 5.39 Å². The van der Waals surface area contributed by atoms with E-state index in [-0.39, 0.29) is 11.8 Å². The first-order valence-corrected chi connectivity index (χ1v) is 7.32. The van der Waals surface area contributed by atoms with Crippen LogP contribution in [0.4, 0.5) is 30.6 Å². The van der Waals surface area contributed by atoms with Crippen molar-refractivity contribution in [2.75, 3.05) is 17.2 Å². The van der Waals surface area contributed by atoms with Crippen LogP contribution in [-0.2, 0) is 0 Å². The van der Waals surface area contributed by atoms with E-state index in [1.165, 1.54) is 0 Å². The van der Waals surface area contributed by atoms with E-state index in [4.69, 9.17) is 0 Å². The first-order valence-electron chi connectivity index (χ1n) is 7.32. The fraction of sp³-hybridized carbons (Fsp3) is 0.250. The summed E-state index contributed by atoms with van der Waals surface area (Å²) < 4.78 is 37.4. The molecule has 2 heterocycles. The second-order valence-electron chi connectivity index (χ2n) is 5.53. The van der Waals surface area contributed by atoms with Crippen LogP contribution >= 0.6 is 0 Å². The summed E-state index contributed by atoms with van der Waals surface area (Å²) in [6.07, 6.45) is -2.72. The van der Waals surface area contributed by atoms with Crippen molar-refractivity contribution < 1.29 is 13.2 Å². The van der Waals surface area contributed by atoms with Crippen LogP contribution in [-0.4, -0.2) is 27.7 Å². The lowest BCUT2D eigenvalue weighted by Crippen LogP contribution is -2.22. The van der Waals surface area contributed by atoms with Crippen LogP contribution < -0.4 is 10.6 Å². The topological polar surface area (TPSA) is 65.6 Å². The number of nitrogens with one attached hydrogen (secondary N) is 3. The number of rotatable bonds is 4. The second-order valence-corrected chi connectivity index (χ2v) is 5.53. The summed E-state index contributed by atoms with van der Waals surface area (Å²) in [7, 11) is 0. The molecule has 2 aromatic heterocycles. The SMILES string of the molecule is Cc1ccc(Nc2nc(NCC(F)(F)F)c3cc[nH]c3n2)cc1C. The molecule has 0 radical (unpaired) electrons. The van der Waals surface area contributed by atoms with Crippen molar-refractivity contribution in [3.05, 3.63) is 41.6 Å². The fourth-order valence-corrected chi connectivity index (χ4v) is 2.26. The van der Waals surface area contributed by atoms with Crippen LogP contribution in [0.2, 0.25) is 0 Å². The van der Waals surface area contributed by atoms with Crippen LogP contribution in [0.25, 0.3) is 11.0 Å². The Hall–Kier alpha value is -2.77. The van der Waals surface area contributed by atoms with Crippen LogP contribution in [0.15, 0.2) is 30.5 Å². The maximum atomic E-state index is 12.5. The molecule has 0 spiro atoms. The number of fused-ring (bicyclic) bond motifs is 1. The molecule has 0 aliphatic heterocycles. The summed E-state index contributed by atoms with van der Waals surface area (Å²) in [4.78, 5) is 11.4. The van der Waals surface area contributed by atoms with E-state index < -0.39 is 12.7 Å². The lowest BCUT2D eigenvalue weighted by Gasteiger charge is -2.12. The quantitative estimate of drug-likeness (QED) is 0.665. The number of aromatic nitrogens is 3. The average molecular weight is 335 g/mol. The summed E-state index contributed by atoms with van der Waals surface area (Å²) in [5, 5.41) is 5.86. The highest BCUT2D eigenvalue weighted by Crippen LogP contribution is 2.25. The minimum absolute atomic E-state index is 0.130. The van der Waals surface area contributed by atoms with Crippen molar-refractivity contribution in [2.45, 2.75) is 20.0 Å². The molecule has 0 fully saturated rings. The highest BCUT2D eigenvalue weighted by Gasteiger charge is 2.27. The van der Waals surface area contributed by atoms with Gasteiger partial charge >= 0.3 is 6.18 Å². The normalized spacial score (nSPS) is 11.7. The highest BCUT2D eigenvalue weighted by molar-refractivity contribution is 5.88.